The molecule has 1 aliphatic heterocycles. The molecule has 0 spiro atoms. The molecule has 2 aromatic heterocycles. The summed E-state index contributed by atoms with van der Waals surface area (Å²) in [4.78, 5) is 32.1. The van der Waals surface area contributed by atoms with Crippen LogP contribution in [0.2, 0.25) is 0 Å². The van der Waals surface area contributed by atoms with Crippen LogP contribution in [-0.4, -0.2) is 30.9 Å². The van der Waals surface area contributed by atoms with Gasteiger partial charge in [0.05, 0.1) is 36.5 Å². The smallest absolute Gasteiger partial charge is 0.337 e. The van der Waals surface area contributed by atoms with Gasteiger partial charge in [0, 0.05) is 11.1 Å². The van der Waals surface area contributed by atoms with Crippen LogP contribution in [0.1, 0.15) is 35.9 Å². The summed E-state index contributed by atoms with van der Waals surface area (Å²) < 4.78 is 18.6. The van der Waals surface area contributed by atoms with E-state index in [4.69, 9.17) is 14.2 Å². The van der Waals surface area contributed by atoms with E-state index in [1.165, 1.54) is 24.6 Å². The third-order valence-electron chi connectivity index (χ3n) is 5.17. The lowest BCUT2D eigenvalue weighted by molar-refractivity contribution is -0.136. The van der Waals surface area contributed by atoms with Gasteiger partial charge in [-0.1, -0.05) is 17.4 Å². The van der Waals surface area contributed by atoms with Crippen LogP contribution in [0, 0.1) is 6.92 Å². The van der Waals surface area contributed by atoms with E-state index in [1.54, 1.807) is 22.0 Å². The Balaban J connectivity index is 1.92. The van der Waals surface area contributed by atoms with E-state index in [9.17, 15) is 9.59 Å². The first-order valence-corrected chi connectivity index (χ1v) is 12.2. The van der Waals surface area contributed by atoms with E-state index in [0.29, 0.717) is 39.6 Å². The lowest BCUT2D eigenvalue weighted by Gasteiger charge is -2.23. The number of rotatable bonds is 7. The maximum atomic E-state index is 13.5. The molecule has 33 heavy (non-hydrogen) atoms. The minimum Gasteiger partial charge on any atom is -0.490 e. The highest BCUT2D eigenvalue weighted by Gasteiger charge is 2.31. The van der Waals surface area contributed by atoms with Gasteiger partial charge in [-0.15, -0.1) is 11.3 Å². The number of aryl methyl sites for hydroxylation is 1. The molecule has 0 aliphatic carbocycles. The number of nitrogens with zero attached hydrogens (tertiary/aromatic N) is 2. The molecule has 9 heteroatoms. The predicted molar refractivity (Wildman–Crippen MR) is 129 cm³/mol. The van der Waals surface area contributed by atoms with Crippen molar-refractivity contribution in [3.8, 4) is 11.5 Å². The Morgan fingerprint density at radius 2 is 1.94 bits per heavy atom. The van der Waals surface area contributed by atoms with Crippen molar-refractivity contribution in [2.75, 3.05) is 20.3 Å². The van der Waals surface area contributed by atoms with E-state index in [0.717, 1.165) is 10.4 Å². The number of carbonyl (C=O) groups is 1. The van der Waals surface area contributed by atoms with Crippen molar-refractivity contribution in [3.05, 3.63) is 77.1 Å². The van der Waals surface area contributed by atoms with Crippen molar-refractivity contribution in [1.82, 2.24) is 4.57 Å². The predicted octanol–water partition coefficient (Wildman–Crippen LogP) is 3.19. The minimum atomic E-state index is -0.699. The molecule has 0 unspecified atom stereocenters. The average Bonchev–Trinajstić information content (AvgIpc) is 3.37. The molecule has 0 saturated heterocycles. The molecule has 0 saturated carbocycles. The second kappa shape index (κ2) is 9.76. The van der Waals surface area contributed by atoms with Crippen molar-refractivity contribution in [3.63, 3.8) is 0 Å². The van der Waals surface area contributed by atoms with E-state index >= 15 is 0 Å². The lowest BCUT2D eigenvalue weighted by atomic mass is 9.97. The Morgan fingerprint density at radius 3 is 2.61 bits per heavy atom. The number of carbonyl (C=O) groups excluding carboxylic acids is 1. The lowest BCUT2D eigenvalue weighted by Crippen LogP contribution is -2.39. The summed E-state index contributed by atoms with van der Waals surface area (Å²) in [6.45, 7) is 6.73. The molecule has 0 N–H and O–H groups in total. The number of thiophene rings is 1. The van der Waals surface area contributed by atoms with Gasteiger partial charge in [0.15, 0.2) is 16.3 Å². The molecule has 172 valence electrons. The quantitative estimate of drug-likeness (QED) is 0.482. The van der Waals surface area contributed by atoms with Crippen LogP contribution in [0.25, 0.3) is 6.08 Å². The zero-order valence-corrected chi connectivity index (χ0v) is 20.4. The Bertz CT molecular complexity index is 1400. The summed E-state index contributed by atoms with van der Waals surface area (Å²) in [5.41, 5.74) is 1.87. The molecular weight excluding hydrogens is 460 g/mol. The first-order chi connectivity index (χ1) is 16.0. The summed E-state index contributed by atoms with van der Waals surface area (Å²) in [6.07, 6.45) is 3.37. The van der Waals surface area contributed by atoms with Crippen LogP contribution in [0.3, 0.4) is 0 Å². The number of hydrogen-bond donors (Lipinski definition) is 0. The average molecular weight is 485 g/mol. The number of ether oxygens (including phenoxy) is 3. The number of thiazole rings is 1. The summed E-state index contributed by atoms with van der Waals surface area (Å²) in [7, 11) is 1.31. The number of fused-ring (bicyclic) bond motifs is 1. The largest absolute Gasteiger partial charge is 0.490 e. The van der Waals surface area contributed by atoms with Crippen LogP contribution < -0.4 is 24.4 Å². The van der Waals surface area contributed by atoms with Gasteiger partial charge in [-0.25, -0.2) is 9.79 Å². The maximum absolute atomic E-state index is 13.5. The molecule has 4 rings (SSSR count). The Morgan fingerprint density at radius 1 is 1.18 bits per heavy atom. The van der Waals surface area contributed by atoms with E-state index < -0.39 is 12.0 Å². The molecule has 1 aliphatic rings. The first-order valence-electron chi connectivity index (χ1n) is 10.5. The van der Waals surface area contributed by atoms with Gasteiger partial charge in [0.2, 0.25) is 0 Å². The molecule has 1 atom stereocenters. The summed E-state index contributed by atoms with van der Waals surface area (Å²) >= 11 is 2.87. The third kappa shape index (κ3) is 4.38. The van der Waals surface area contributed by atoms with Crippen molar-refractivity contribution >= 4 is 34.7 Å². The Hall–Kier alpha value is -3.17. The second-order valence-corrected chi connectivity index (χ2v) is 9.17. The molecule has 0 bridgehead atoms. The van der Waals surface area contributed by atoms with E-state index in [2.05, 4.69) is 4.99 Å². The van der Waals surface area contributed by atoms with Crippen molar-refractivity contribution in [2.45, 2.75) is 26.8 Å². The van der Waals surface area contributed by atoms with Crippen LogP contribution in [0.15, 0.2) is 51.2 Å². The first kappa shape index (κ1) is 23.0. The molecule has 0 amide bonds. The number of aromatic nitrogens is 1. The normalized spacial score (nSPS) is 15.5. The Kier molecular flexibility index (Phi) is 6.80. The van der Waals surface area contributed by atoms with Crippen LogP contribution >= 0.6 is 22.7 Å². The van der Waals surface area contributed by atoms with Crippen LogP contribution in [-0.2, 0) is 9.53 Å². The van der Waals surface area contributed by atoms with E-state index in [-0.39, 0.29) is 11.1 Å². The highest BCUT2D eigenvalue weighted by Crippen LogP contribution is 2.35. The minimum absolute atomic E-state index is 0.210. The highest BCUT2D eigenvalue weighted by atomic mass is 32.1. The number of benzene rings is 1. The summed E-state index contributed by atoms with van der Waals surface area (Å²) in [5, 5.41) is 1.99. The maximum Gasteiger partial charge on any atom is 0.337 e. The molecular formula is C24H24N2O5S2. The van der Waals surface area contributed by atoms with Crippen molar-refractivity contribution < 1.29 is 19.0 Å². The molecule has 7 nitrogen and oxygen atoms in total. The van der Waals surface area contributed by atoms with Gasteiger partial charge in [-0.2, -0.15) is 0 Å². The van der Waals surface area contributed by atoms with Crippen molar-refractivity contribution in [1.29, 1.82) is 0 Å². The summed E-state index contributed by atoms with van der Waals surface area (Å²) in [5.74, 6) is 0.612. The fourth-order valence-corrected chi connectivity index (χ4v) is 5.52. The van der Waals surface area contributed by atoms with Crippen LogP contribution in [0.5, 0.6) is 11.5 Å². The number of methoxy groups -OCH3 is 1. The van der Waals surface area contributed by atoms with Gasteiger partial charge in [-0.05, 0) is 61.6 Å². The fraction of sp³-hybridized carbons (Fsp3) is 0.292. The zero-order chi connectivity index (χ0) is 23.5. The zero-order valence-electron chi connectivity index (χ0n) is 18.8. The monoisotopic (exact) mass is 484 g/mol. The standard InChI is InChI=1S/C24H24N2O5S2/c1-5-30-17-8-7-15(11-18(17)31-6-2)21-16(23(28)29-4)13-25-24-26(21)22(27)20(33-24)12-19-14(3)9-10-32-19/h7-13,21H,5-6H2,1-4H3/b20-12-/t21-/m0/s1. The topological polar surface area (TPSA) is 79.1 Å². The van der Waals surface area contributed by atoms with Gasteiger partial charge in [-0.3, -0.25) is 9.36 Å². The molecule has 0 fully saturated rings. The molecule has 0 radical (unpaired) electrons. The number of esters is 1. The fourth-order valence-electron chi connectivity index (χ4n) is 3.64. The molecule has 3 aromatic rings. The van der Waals surface area contributed by atoms with Gasteiger partial charge in [0.25, 0.3) is 5.56 Å². The van der Waals surface area contributed by atoms with Gasteiger partial charge in [0.1, 0.15) is 0 Å². The third-order valence-corrected chi connectivity index (χ3v) is 7.13. The second-order valence-electron chi connectivity index (χ2n) is 7.22. The summed E-state index contributed by atoms with van der Waals surface area (Å²) in [6, 6.07) is 6.75. The van der Waals surface area contributed by atoms with Gasteiger partial charge < -0.3 is 14.2 Å². The van der Waals surface area contributed by atoms with Crippen LogP contribution in [0.4, 0.5) is 0 Å². The molecule has 1 aromatic carbocycles. The SMILES string of the molecule is CCOc1ccc([C@H]2C(C(=O)OC)=CN=c3s/c(=C\c4sccc4C)c(=O)n32)cc1OCC. The van der Waals surface area contributed by atoms with Crippen molar-refractivity contribution in [2.24, 2.45) is 4.99 Å². The Labute approximate surface area is 198 Å². The number of hydrogen-bond acceptors (Lipinski definition) is 8. The van der Waals surface area contributed by atoms with Gasteiger partial charge >= 0.3 is 5.97 Å². The molecule has 3 heterocycles. The van der Waals surface area contributed by atoms with E-state index in [1.807, 2.05) is 50.4 Å². The highest BCUT2D eigenvalue weighted by molar-refractivity contribution is 7.11.